The van der Waals surface area contributed by atoms with Crippen LogP contribution in [0.1, 0.15) is 0 Å². The summed E-state index contributed by atoms with van der Waals surface area (Å²) in [6.45, 7) is 3.66. The fraction of sp³-hybridized carbons (Fsp3) is 0.333. The molecule has 4 N–H and O–H groups in total. The third kappa shape index (κ3) is 12.3. The Morgan fingerprint density at radius 3 is 2.00 bits per heavy atom. The highest BCUT2D eigenvalue weighted by atomic mass is 19.4. The van der Waals surface area contributed by atoms with Crippen LogP contribution in [0.15, 0.2) is 54.9 Å². The van der Waals surface area contributed by atoms with E-state index in [1.807, 2.05) is 30.5 Å². The molecule has 0 radical (unpaired) electrons. The van der Waals surface area contributed by atoms with E-state index < -0.39 is 24.3 Å². The molecule has 1 aliphatic rings. The van der Waals surface area contributed by atoms with Gasteiger partial charge in [-0.05, 0) is 36.9 Å². The Kier molecular flexibility index (Phi) is 13.0. The number of aliphatic carboxylic acids is 2. The van der Waals surface area contributed by atoms with Crippen molar-refractivity contribution in [1.29, 1.82) is 0 Å². The van der Waals surface area contributed by atoms with Crippen LogP contribution in [-0.4, -0.2) is 102 Å². The summed E-state index contributed by atoms with van der Waals surface area (Å²) in [6.07, 6.45) is -6.51. The van der Waals surface area contributed by atoms with Gasteiger partial charge in [-0.1, -0.05) is 12.1 Å². The van der Waals surface area contributed by atoms with E-state index in [0.29, 0.717) is 11.5 Å². The van der Waals surface area contributed by atoms with E-state index in [1.54, 1.807) is 25.4 Å². The number of halogens is 6. The number of nitrogens with zero attached hydrogens (tertiary/aromatic N) is 3. The number of anilines is 2. The number of benzene rings is 2. The molecule has 45 heavy (non-hydrogen) atoms. The number of carboxylic acid groups (broad SMARTS) is 2. The van der Waals surface area contributed by atoms with Crippen molar-refractivity contribution in [3.05, 3.63) is 54.9 Å². The summed E-state index contributed by atoms with van der Waals surface area (Å²) in [7, 11) is 3.72. The maximum absolute atomic E-state index is 12.6. The highest BCUT2D eigenvalue weighted by Gasteiger charge is 2.38. The number of methoxy groups -OCH3 is 1. The maximum Gasteiger partial charge on any atom is 0.490 e. The Labute approximate surface area is 252 Å². The predicted molar refractivity (Wildman–Crippen MR) is 148 cm³/mol. The number of rotatable bonds is 7. The molecule has 18 heteroatoms. The maximum atomic E-state index is 12.6. The second-order valence-electron chi connectivity index (χ2n) is 9.13. The minimum Gasteiger partial charge on any atom is -0.497 e. The van der Waals surface area contributed by atoms with Gasteiger partial charge in [0.05, 0.1) is 24.7 Å². The van der Waals surface area contributed by atoms with Crippen molar-refractivity contribution in [3.63, 3.8) is 0 Å². The van der Waals surface area contributed by atoms with E-state index in [4.69, 9.17) is 29.3 Å². The molecular weight excluding hydrogens is 620 g/mol. The van der Waals surface area contributed by atoms with E-state index >= 15 is 0 Å². The van der Waals surface area contributed by atoms with Crippen LogP contribution >= 0.6 is 0 Å². The molecule has 0 spiro atoms. The lowest BCUT2D eigenvalue weighted by molar-refractivity contribution is -0.193. The van der Waals surface area contributed by atoms with Crippen LogP contribution < -0.4 is 19.7 Å². The molecule has 0 atom stereocenters. The lowest BCUT2D eigenvalue weighted by Gasteiger charge is -2.35. The molecule has 0 aliphatic carbocycles. The third-order valence-corrected chi connectivity index (χ3v) is 5.84. The van der Waals surface area contributed by atoms with Crippen LogP contribution in [0.3, 0.4) is 0 Å². The Morgan fingerprint density at radius 1 is 0.911 bits per heavy atom. The molecule has 2 aromatic carbocycles. The molecule has 1 fully saturated rings. The van der Waals surface area contributed by atoms with Crippen molar-refractivity contribution >= 4 is 29.2 Å². The van der Waals surface area contributed by atoms with E-state index in [-0.39, 0.29) is 12.5 Å². The lowest BCUT2D eigenvalue weighted by atomic mass is 10.1. The number of carbonyl (C=O) groups excluding carboxylic acids is 1. The van der Waals surface area contributed by atoms with Gasteiger partial charge >= 0.3 is 24.3 Å². The minimum atomic E-state index is -5.08. The van der Waals surface area contributed by atoms with E-state index in [2.05, 4.69) is 38.4 Å². The topological polar surface area (TPSA) is 157 Å². The van der Waals surface area contributed by atoms with Crippen LogP contribution in [0.5, 0.6) is 11.5 Å². The molecule has 3 aromatic rings. The van der Waals surface area contributed by atoms with Gasteiger partial charge in [-0.2, -0.15) is 31.4 Å². The van der Waals surface area contributed by atoms with E-state index in [0.717, 1.165) is 48.7 Å². The molecule has 1 saturated heterocycles. The molecule has 0 saturated carbocycles. The molecule has 2 heterocycles. The summed E-state index contributed by atoms with van der Waals surface area (Å²) in [6, 6.07) is 13.2. The van der Waals surface area contributed by atoms with E-state index in [9.17, 15) is 31.1 Å². The number of ether oxygens (including phenoxy) is 2. The van der Waals surface area contributed by atoms with Gasteiger partial charge in [0.15, 0.2) is 6.61 Å². The first-order valence-electron chi connectivity index (χ1n) is 12.7. The molecule has 0 bridgehead atoms. The number of carbonyl (C=O) groups is 3. The number of alkyl halides is 6. The monoisotopic (exact) mass is 649 g/mol. The predicted octanol–water partition coefficient (Wildman–Crippen LogP) is 4.12. The Balaban J connectivity index is 0.000000421. The first kappa shape index (κ1) is 36.2. The zero-order valence-corrected chi connectivity index (χ0v) is 23.8. The van der Waals surface area contributed by atoms with Crippen molar-refractivity contribution in [3.8, 4) is 22.6 Å². The number of H-pyrrole nitrogens is 1. The zero-order valence-electron chi connectivity index (χ0n) is 23.8. The molecule has 4 rings (SSSR count). The van der Waals surface area contributed by atoms with Gasteiger partial charge in [-0.3, -0.25) is 9.89 Å². The van der Waals surface area contributed by atoms with Crippen molar-refractivity contribution in [1.82, 2.24) is 15.1 Å². The van der Waals surface area contributed by atoms with Gasteiger partial charge in [0.1, 0.15) is 11.5 Å². The van der Waals surface area contributed by atoms with Gasteiger partial charge < -0.3 is 34.8 Å². The normalized spacial score (nSPS) is 13.4. The van der Waals surface area contributed by atoms with Crippen LogP contribution in [0.25, 0.3) is 11.1 Å². The molecule has 246 valence electrons. The van der Waals surface area contributed by atoms with Crippen LogP contribution in [0, 0.1) is 0 Å². The quantitative estimate of drug-likeness (QED) is 0.275. The van der Waals surface area contributed by atoms with Gasteiger partial charge in [-0.15, -0.1) is 0 Å². The fourth-order valence-electron chi connectivity index (χ4n) is 3.56. The molecular formula is C27H29F6N5O7. The number of nitrogens with one attached hydrogen (secondary N) is 2. The molecule has 1 aromatic heterocycles. The highest BCUT2D eigenvalue weighted by Crippen LogP contribution is 2.32. The van der Waals surface area contributed by atoms with Gasteiger partial charge in [-0.25, -0.2) is 9.59 Å². The Morgan fingerprint density at radius 2 is 1.49 bits per heavy atom. The van der Waals surface area contributed by atoms with Crippen molar-refractivity contribution in [2.75, 3.05) is 57.2 Å². The van der Waals surface area contributed by atoms with Gasteiger partial charge in [0.25, 0.3) is 5.91 Å². The first-order valence-corrected chi connectivity index (χ1v) is 12.7. The smallest absolute Gasteiger partial charge is 0.490 e. The van der Waals surface area contributed by atoms with Gasteiger partial charge in [0.2, 0.25) is 0 Å². The largest absolute Gasteiger partial charge is 0.497 e. The molecule has 1 aliphatic heterocycles. The number of hydrogen-bond donors (Lipinski definition) is 4. The Hall–Kier alpha value is -5.00. The lowest BCUT2D eigenvalue weighted by Crippen LogP contribution is -2.44. The average Bonchev–Trinajstić information content (AvgIpc) is 3.52. The standard InChI is InChI=1S/C23H27N5O3.2C2HF3O2/c1-27-8-10-28(11-9-27)22-12-17(18-14-24-25-15-18)6-7-21(22)26-23(29)16-31-20-5-3-4-19(13-20)30-2;2*3-2(4,5)1(6)7/h3-7,12-15H,8-11,16H2,1-2H3,(H,24,25)(H,26,29);2*(H,6,7). The fourth-order valence-corrected chi connectivity index (χ4v) is 3.56. The average molecular weight is 650 g/mol. The van der Waals surface area contributed by atoms with Crippen LogP contribution in [0.2, 0.25) is 0 Å². The second-order valence-corrected chi connectivity index (χ2v) is 9.13. The molecule has 12 nitrogen and oxygen atoms in total. The summed E-state index contributed by atoms with van der Waals surface area (Å²) < 4.78 is 74.3. The molecule has 0 unspecified atom stereocenters. The zero-order chi connectivity index (χ0) is 33.8. The molecule has 1 amide bonds. The second kappa shape index (κ2) is 16.2. The summed E-state index contributed by atoms with van der Waals surface area (Å²) in [4.78, 5) is 35.0. The van der Waals surface area contributed by atoms with Crippen molar-refractivity contribution in [2.24, 2.45) is 0 Å². The number of amides is 1. The SMILES string of the molecule is COc1cccc(OCC(=O)Nc2ccc(-c3cn[nH]c3)cc2N2CCN(C)CC2)c1.O=C(O)C(F)(F)F.O=C(O)C(F)(F)F. The minimum absolute atomic E-state index is 0.0845. The number of piperazine rings is 1. The summed E-state index contributed by atoms with van der Waals surface area (Å²) in [5.74, 6) is -4.46. The highest BCUT2D eigenvalue weighted by molar-refractivity contribution is 5.96. The van der Waals surface area contributed by atoms with Crippen molar-refractivity contribution < 1.29 is 60.4 Å². The number of aromatic nitrogens is 2. The number of carboxylic acids is 2. The number of aromatic amines is 1. The van der Waals surface area contributed by atoms with Crippen LogP contribution in [0.4, 0.5) is 37.7 Å². The Bertz CT molecular complexity index is 1390. The first-order chi connectivity index (χ1) is 21.0. The summed E-state index contributed by atoms with van der Waals surface area (Å²) in [5, 5.41) is 24.2. The van der Waals surface area contributed by atoms with Crippen LogP contribution in [-0.2, 0) is 14.4 Å². The summed E-state index contributed by atoms with van der Waals surface area (Å²) in [5.41, 5.74) is 3.83. The third-order valence-electron chi connectivity index (χ3n) is 5.84. The van der Waals surface area contributed by atoms with Crippen molar-refractivity contribution in [2.45, 2.75) is 12.4 Å². The van der Waals surface area contributed by atoms with E-state index in [1.165, 1.54) is 0 Å². The van der Waals surface area contributed by atoms with Gasteiger partial charge in [0, 0.05) is 44.0 Å². The summed E-state index contributed by atoms with van der Waals surface area (Å²) >= 11 is 0. The number of hydrogen-bond acceptors (Lipinski definition) is 8. The number of likely N-dealkylation sites (N-methyl/N-ethyl adjacent to an activating group) is 1.